The third-order valence-electron chi connectivity index (χ3n) is 3.49. The molecule has 0 unspecified atom stereocenters. The molecule has 5 nitrogen and oxygen atoms in total. The molecule has 0 amide bonds. The summed E-state index contributed by atoms with van der Waals surface area (Å²) in [6.45, 7) is 1.93. The first-order valence-electron chi connectivity index (χ1n) is 7.52. The first-order valence-corrected chi connectivity index (χ1v) is 7.52. The van der Waals surface area contributed by atoms with E-state index in [0.717, 1.165) is 22.8 Å². The fourth-order valence-electron chi connectivity index (χ4n) is 2.30. The van der Waals surface area contributed by atoms with Gasteiger partial charge >= 0.3 is 5.97 Å². The number of methoxy groups -OCH3 is 1. The van der Waals surface area contributed by atoms with Crippen molar-refractivity contribution in [2.75, 3.05) is 7.11 Å². The molecule has 3 rings (SSSR count). The second kappa shape index (κ2) is 6.91. The zero-order valence-electron chi connectivity index (χ0n) is 13.5. The maximum atomic E-state index is 11.4. The quantitative estimate of drug-likeness (QED) is 0.544. The third kappa shape index (κ3) is 3.41. The van der Waals surface area contributed by atoms with Crippen LogP contribution in [0.4, 0.5) is 5.82 Å². The summed E-state index contributed by atoms with van der Waals surface area (Å²) in [5.74, 6) is 0.395. The van der Waals surface area contributed by atoms with Gasteiger partial charge in [-0.3, -0.25) is 0 Å². The molecule has 0 aliphatic carbocycles. The molecule has 120 valence electrons. The van der Waals surface area contributed by atoms with Gasteiger partial charge in [0, 0.05) is 12.3 Å². The molecule has 0 saturated carbocycles. The van der Waals surface area contributed by atoms with Crippen molar-refractivity contribution in [2.45, 2.75) is 6.92 Å². The van der Waals surface area contributed by atoms with E-state index in [1.54, 1.807) is 23.0 Å². The molecule has 0 N–H and O–H groups in total. The summed E-state index contributed by atoms with van der Waals surface area (Å²) < 4.78 is 6.49. The van der Waals surface area contributed by atoms with Gasteiger partial charge in [0.05, 0.1) is 24.1 Å². The monoisotopic (exact) mass is 319 g/mol. The van der Waals surface area contributed by atoms with Crippen LogP contribution >= 0.6 is 0 Å². The molecule has 0 radical (unpaired) electrons. The van der Waals surface area contributed by atoms with Crippen molar-refractivity contribution < 1.29 is 9.53 Å². The van der Waals surface area contributed by atoms with Crippen LogP contribution in [0.25, 0.3) is 5.69 Å². The number of hydrogen-bond acceptors (Lipinski definition) is 4. The van der Waals surface area contributed by atoms with Gasteiger partial charge in [0.1, 0.15) is 0 Å². The molecular formula is C19H17N3O2. The predicted molar refractivity (Wildman–Crippen MR) is 93.3 cm³/mol. The van der Waals surface area contributed by atoms with Crippen LogP contribution in [0.1, 0.15) is 21.6 Å². The number of aromatic nitrogens is 2. The van der Waals surface area contributed by atoms with Gasteiger partial charge in [0.2, 0.25) is 0 Å². The summed E-state index contributed by atoms with van der Waals surface area (Å²) in [5.41, 5.74) is 3.26. The number of para-hydroxylation sites is 1. The zero-order chi connectivity index (χ0) is 16.9. The normalized spacial score (nSPS) is 10.9. The van der Waals surface area contributed by atoms with Crippen LogP contribution in [-0.2, 0) is 4.74 Å². The first kappa shape index (κ1) is 15.7. The Kier molecular flexibility index (Phi) is 4.52. The van der Waals surface area contributed by atoms with Gasteiger partial charge in [-0.2, -0.15) is 5.10 Å². The lowest BCUT2D eigenvalue weighted by atomic mass is 10.1. The lowest BCUT2D eigenvalue weighted by Crippen LogP contribution is -2.00. The van der Waals surface area contributed by atoms with E-state index in [2.05, 4.69) is 14.8 Å². The second-order valence-corrected chi connectivity index (χ2v) is 5.26. The molecule has 24 heavy (non-hydrogen) atoms. The lowest BCUT2D eigenvalue weighted by Gasteiger charge is -2.03. The Morgan fingerprint density at radius 1 is 1.12 bits per heavy atom. The number of aliphatic imine (C=N–C) groups is 1. The Morgan fingerprint density at radius 2 is 1.83 bits per heavy atom. The molecular weight excluding hydrogens is 302 g/mol. The summed E-state index contributed by atoms with van der Waals surface area (Å²) in [7, 11) is 1.37. The van der Waals surface area contributed by atoms with Gasteiger partial charge < -0.3 is 4.74 Å². The van der Waals surface area contributed by atoms with Crippen LogP contribution in [0.3, 0.4) is 0 Å². The number of nitrogens with zero attached hydrogens (tertiary/aromatic N) is 3. The fraction of sp³-hybridized carbons (Fsp3) is 0.105. The van der Waals surface area contributed by atoms with E-state index >= 15 is 0 Å². The largest absolute Gasteiger partial charge is 0.465 e. The van der Waals surface area contributed by atoms with Crippen molar-refractivity contribution in [1.82, 2.24) is 9.78 Å². The SMILES string of the molecule is COC(=O)c1ccc(/C=N/c2cc(C)nn2-c2ccccc2)cc1. The van der Waals surface area contributed by atoms with Gasteiger partial charge in [0.25, 0.3) is 0 Å². The Labute approximate surface area is 140 Å². The van der Waals surface area contributed by atoms with Gasteiger partial charge in [-0.05, 0) is 36.8 Å². The Morgan fingerprint density at radius 3 is 2.50 bits per heavy atom. The van der Waals surface area contributed by atoms with E-state index in [1.165, 1.54) is 7.11 Å². The number of rotatable bonds is 4. The number of carbonyl (C=O) groups excluding carboxylic acids is 1. The molecule has 0 atom stereocenters. The van der Waals surface area contributed by atoms with E-state index in [0.29, 0.717) is 5.56 Å². The average Bonchev–Trinajstić information content (AvgIpc) is 3.01. The summed E-state index contributed by atoms with van der Waals surface area (Å²) in [6, 6.07) is 18.9. The molecule has 0 fully saturated rings. The molecule has 0 aliphatic rings. The molecule has 0 saturated heterocycles. The standard InChI is InChI=1S/C19H17N3O2/c1-14-12-18(22(21-14)17-6-4-3-5-7-17)20-13-15-8-10-16(11-9-15)19(23)24-2/h3-13H,1-2H3/b20-13+. The molecule has 2 aromatic carbocycles. The molecule has 0 aliphatic heterocycles. The molecule has 3 aromatic rings. The number of benzene rings is 2. The molecule has 5 heteroatoms. The van der Waals surface area contributed by atoms with Crippen molar-refractivity contribution in [2.24, 2.45) is 4.99 Å². The minimum absolute atomic E-state index is 0.351. The number of hydrogen-bond donors (Lipinski definition) is 0. The van der Waals surface area contributed by atoms with Crippen molar-refractivity contribution in [3.05, 3.63) is 77.5 Å². The van der Waals surface area contributed by atoms with E-state index in [-0.39, 0.29) is 5.97 Å². The van der Waals surface area contributed by atoms with Gasteiger partial charge in [-0.1, -0.05) is 30.3 Å². The number of esters is 1. The summed E-state index contributed by atoms with van der Waals surface area (Å²) in [6.07, 6.45) is 1.75. The Bertz CT molecular complexity index is 865. The first-order chi connectivity index (χ1) is 11.7. The van der Waals surface area contributed by atoms with Crippen LogP contribution < -0.4 is 0 Å². The van der Waals surface area contributed by atoms with Crippen molar-refractivity contribution in [1.29, 1.82) is 0 Å². The summed E-state index contributed by atoms with van der Waals surface area (Å²) >= 11 is 0. The van der Waals surface area contributed by atoms with Gasteiger partial charge in [-0.15, -0.1) is 0 Å². The van der Waals surface area contributed by atoms with Gasteiger partial charge in [0.15, 0.2) is 5.82 Å². The van der Waals surface area contributed by atoms with E-state index in [1.807, 2.05) is 55.5 Å². The maximum absolute atomic E-state index is 11.4. The summed E-state index contributed by atoms with van der Waals surface area (Å²) in [4.78, 5) is 16.0. The van der Waals surface area contributed by atoms with Crippen LogP contribution in [0.2, 0.25) is 0 Å². The van der Waals surface area contributed by atoms with Crippen molar-refractivity contribution in [3.63, 3.8) is 0 Å². The number of carbonyl (C=O) groups is 1. The van der Waals surface area contributed by atoms with Crippen molar-refractivity contribution in [3.8, 4) is 5.69 Å². The maximum Gasteiger partial charge on any atom is 0.337 e. The molecule has 0 spiro atoms. The van der Waals surface area contributed by atoms with Crippen LogP contribution in [-0.4, -0.2) is 29.1 Å². The molecule has 1 aromatic heterocycles. The highest BCUT2D eigenvalue weighted by atomic mass is 16.5. The minimum atomic E-state index is -0.351. The van der Waals surface area contributed by atoms with E-state index in [4.69, 9.17) is 0 Å². The highest BCUT2D eigenvalue weighted by Gasteiger charge is 2.06. The van der Waals surface area contributed by atoms with E-state index < -0.39 is 0 Å². The zero-order valence-corrected chi connectivity index (χ0v) is 13.5. The number of aryl methyl sites for hydroxylation is 1. The van der Waals surface area contributed by atoms with E-state index in [9.17, 15) is 4.79 Å². The van der Waals surface area contributed by atoms with Crippen LogP contribution in [0.15, 0.2) is 65.7 Å². The molecule has 1 heterocycles. The van der Waals surface area contributed by atoms with Gasteiger partial charge in [-0.25, -0.2) is 14.5 Å². The third-order valence-corrected chi connectivity index (χ3v) is 3.49. The highest BCUT2D eigenvalue weighted by Crippen LogP contribution is 2.19. The fourth-order valence-corrected chi connectivity index (χ4v) is 2.30. The highest BCUT2D eigenvalue weighted by molar-refractivity contribution is 5.90. The van der Waals surface area contributed by atoms with Crippen LogP contribution in [0.5, 0.6) is 0 Å². The average molecular weight is 319 g/mol. The van der Waals surface area contributed by atoms with Crippen molar-refractivity contribution >= 4 is 18.0 Å². The lowest BCUT2D eigenvalue weighted by molar-refractivity contribution is 0.0600. The van der Waals surface area contributed by atoms with Crippen LogP contribution in [0, 0.1) is 6.92 Å². The second-order valence-electron chi connectivity index (χ2n) is 5.26. The topological polar surface area (TPSA) is 56.5 Å². The minimum Gasteiger partial charge on any atom is -0.465 e. The Balaban J connectivity index is 1.86. The number of ether oxygens (including phenoxy) is 1. The summed E-state index contributed by atoms with van der Waals surface area (Å²) in [5, 5.41) is 4.48. The smallest absolute Gasteiger partial charge is 0.337 e. The predicted octanol–water partition coefficient (Wildman–Crippen LogP) is 3.72. The molecule has 0 bridgehead atoms. The Hall–Kier alpha value is -3.21.